The number of likely N-dealkylation sites (tertiary alicyclic amines) is 3. The van der Waals surface area contributed by atoms with Crippen LogP contribution in [0.2, 0.25) is 5.02 Å². The summed E-state index contributed by atoms with van der Waals surface area (Å²) in [5, 5.41) is 9.95. The van der Waals surface area contributed by atoms with E-state index in [2.05, 4.69) is 14.9 Å². The average molecular weight is 569 g/mol. The molecule has 1 aromatic heterocycles. The fourth-order valence-electron chi connectivity index (χ4n) is 6.42. The molecule has 0 spiro atoms. The van der Waals surface area contributed by atoms with Crippen molar-refractivity contribution in [3.05, 3.63) is 52.1 Å². The van der Waals surface area contributed by atoms with Crippen LogP contribution in [0.15, 0.2) is 24.5 Å². The number of benzene rings is 1. The zero-order valence-electron chi connectivity index (χ0n) is 23.3. The molecule has 2 aromatic rings. The van der Waals surface area contributed by atoms with Crippen molar-refractivity contribution in [2.45, 2.75) is 33.6 Å². The third kappa shape index (κ3) is 5.78. The van der Waals surface area contributed by atoms with Crippen LogP contribution in [0.4, 0.5) is 10.5 Å². The molecule has 1 N–H and O–H groups in total. The Morgan fingerprint density at radius 3 is 2.27 bits per heavy atom. The van der Waals surface area contributed by atoms with Crippen LogP contribution in [-0.2, 0) is 4.79 Å². The number of carbonyl (C=O) groups excluding carboxylic acids is 2. The van der Waals surface area contributed by atoms with E-state index in [9.17, 15) is 19.5 Å². The molecule has 3 atom stereocenters. The second kappa shape index (κ2) is 11.7. The van der Waals surface area contributed by atoms with Crippen LogP contribution in [0.3, 0.4) is 0 Å². The van der Waals surface area contributed by atoms with Crippen molar-refractivity contribution in [2.75, 3.05) is 57.3 Å². The van der Waals surface area contributed by atoms with Crippen LogP contribution in [0.5, 0.6) is 0 Å². The molecule has 3 unspecified atom stereocenters. The minimum Gasteiger partial charge on any atom is -0.465 e. The van der Waals surface area contributed by atoms with E-state index in [-0.39, 0.29) is 24.3 Å². The van der Waals surface area contributed by atoms with Gasteiger partial charge in [0.05, 0.1) is 22.9 Å². The highest BCUT2D eigenvalue weighted by Gasteiger charge is 2.42. The fraction of sp³-hybridized carbons (Fsp3) is 0.552. The van der Waals surface area contributed by atoms with E-state index in [1.807, 2.05) is 43.9 Å². The summed E-state index contributed by atoms with van der Waals surface area (Å²) in [6.07, 6.45) is 1.83. The maximum atomic E-state index is 13.6. The number of nitrogens with zero attached hydrogens (tertiary/aromatic N) is 6. The number of carbonyl (C=O) groups is 3. The van der Waals surface area contributed by atoms with Crippen LogP contribution in [0.1, 0.15) is 40.2 Å². The molecule has 4 heterocycles. The van der Waals surface area contributed by atoms with E-state index < -0.39 is 6.09 Å². The van der Waals surface area contributed by atoms with Crippen LogP contribution in [-0.4, -0.2) is 100 Å². The van der Waals surface area contributed by atoms with Gasteiger partial charge in [-0.15, -0.1) is 0 Å². The van der Waals surface area contributed by atoms with Gasteiger partial charge in [0.25, 0.3) is 5.91 Å². The Morgan fingerprint density at radius 1 is 1.00 bits per heavy atom. The summed E-state index contributed by atoms with van der Waals surface area (Å²) in [5.41, 5.74) is 3.75. The lowest BCUT2D eigenvalue weighted by Crippen LogP contribution is -2.40. The number of amides is 3. The van der Waals surface area contributed by atoms with Crippen LogP contribution in [0, 0.1) is 38.5 Å². The number of aryl methyl sites for hydroxylation is 3. The highest BCUT2D eigenvalue weighted by molar-refractivity contribution is 6.31. The minimum atomic E-state index is -0.984. The molecular weight excluding hydrogens is 532 g/mol. The van der Waals surface area contributed by atoms with Crippen molar-refractivity contribution < 1.29 is 19.5 Å². The van der Waals surface area contributed by atoms with E-state index in [1.165, 1.54) is 11.2 Å². The molecule has 11 heteroatoms. The largest absolute Gasteiger partial charge is 0.465 e. The first-order valence-electron chi connectivity index (χ1n) is 14.0. The van der Waals surface area contributed by atoms with Gasteiger partial charge in [-0.05, 0) is 69.7 Å². The van der Waals surface area contributed by atoms with E-state index >= 15 is 0 Å². The first-order chi connectivity index (χ1) is 19.1. The van der Waals surface area contributed by atoms with Gasteiger partial charge in [0.15, 0.2) is 0 Å². The molecule has 5 rings (SSSR count). The minimum absolute atomic E-state index is 0.0239. The van der Waals surface area contributed by atoms with Gasteiger partial charge in [-0.3, -0.25) is 9.59 Å². The van der Waals surface area contributed by atoms with E-state index in [4.69, 9.17) is 11.6 Å². The lowest BCUT2D eigenvalue weighted by atomic mass is 10.0. The number of hydrogen-bond donors (Lipinski definition) is 1. The predicted octanol–water partition coefficient (Wildman–Crippen LogP) is 3.48. The molecule has 10 nitrogen and oxygen atoms in total. The number of aromatic nitrogens is 2. The molecule has 3 amide bonds. The van der Waals surface area contributed by atoms with Gasteiger partial charge in [0, 0.05) is 56.5 Å². The Morgan fingerprint density at radius 2 is 1.68 bits per heavy atom. The number of carboxylic acid groups (broad SMARTS) is 1. The number of halogens is 1. The van der Waals surface area contributed by atoms with Gasteiger partial charge < -0.3 is 24.7 Å². The van der Waals surface area contributed by atoms with Crippen molar-refractivity contribution in [1.29, 1.82) is 0 Å². The zero-order valence-corrected chi connectivity index (χ0v) is 24.1. The Hall–Kier alpha value is -3.24. The Kier molecular flexibility index (Phi) is 8.28. The van der Waals surface area contributed by atoms with Crippen molar-refractivity contribution >= 4 is 35.2 Å². The molecule has 0 bridgehead atoms. The van der Waals surface area contributed by atoms with Crippen molar-refractivity contribution in [1.82, 2.24) is 24.7 Å². The zero-order chi connectivity index (χ0) is 28.6. The average Bonchev–Trinajstić information content (AvgIpc) is 3.63. The molecule has 1 aromatic carbocycles. The SMILES string of the molecule is Cc1ccc(N(CCCN2CC3CN(C(=O)c4c(C)ncnc4C)CC3C2)C(=O)C2CCN(C(=O)O)C2)cc1Cl. The molecular formula is C29H37ClN6O4. The third-order valence-electron chi connectivity index (χ3n) is 8.69. The number of fused-ring (bicyclic) bond motifs is 1. The quantitative estimate of drug-likeness (QED) is 0.544. The third-order valence-corrected chi connectivity index (χ3v) is 9.09. The van der Waals surface area contributed by atoms with Crippen LogP contribution in [0.25, 0.3) is 0 Å². The van der Waals surface area contributed by atoms with Crippen LogP contribution >= 0.6 is 11.6 Å². The topological polar surface area (TPSA) is 110 Å². The monoisotopic (exact) mass is 568 g/mol. The molecule has 0 saturated carbocycles. The lowest BCUT2D eigenvalue weighted by molar-refractivity contribution is -0.122. The first kappa shape index (κ1) is 28.3. The van der Waals surface area contributed by atoms with Crippen molar-refractivity contribution in [3.8, 4) is 0 Å². The molecule has 40 heavy (non-hydrogen) atoms. The van der Waals surface area contributed by atoms with Gasteiger partial charge in [0.1, 0.15) is 6.33 Å². The van der Waals surface area contributed by atoms with E-state index in [0.717, 1.165) is 61.8 Å². The highest BCUT2D eigenvalue weighted by atomic mass is 35.5. The molecule has 0 radical (unpaired) electrons. The summed E-state index contributed by atoms with van der Waals surface area (Å²) >= 11 is 6.40. The van der Waals surface area contributed by atoms with Gasteiger partial charge >= 0.3 is 6.09 Å². The summed E-state index contributed by atoms with van der Waals surface area (Å²) in [7, 11) is 0. The molecule has 214 valence electrons. The number of anilines is 1. The summed E-state index contributed by atoms with van der Waals surface area (Å²) in [5.74, 6) is 0.488. The Balaban J connectivity index is 1.18. The van der Waals surface area contributed by atoms with Gasteiger partial charge in [-0.2, -0.15) is 0 Å². The standard InChI is InChI=1S/C29H37ClN6O4/c1-18-5-6-24(11-25(18)30)36(27(37)21-7-10-34(14-21)29(39)40)9-4-8-33-12-22-15-35(16-23(22)13-33)28(38)26-19(2)31-17-32-20(26)3/h5-6,11,17,21-23H,4,7-10,12-16H2,1-3H3,(H,39,40). The smallest absolute Gasteiger partial charge is 0.407 e. The molecule has 3 fully saturated rings. The first-order valence-corrected chi connectivity index (χ1v) is 14.4. The lowest BCUT2D eigenvalue weighted by Gasteiger charge is -2.28. The van der Waals surface area contributed by atoms with Crippen LogP contribution < -0.4 is 4.90 Å². The maximum absolute atomic E-state index is 13.6. The molecule has 3 aliphatic rings. The molecule has 3 aliphatic heterocycles. The van der Waals surface area contributed by atoms with Crippen molar-refractivity contribution in [3.63, 3.8) is 0 Å². The predicted molar refractivity (Wildman–Crippen MR) is 152 cm³/mol. The summed E-state index contributed by atoms with van der Waals surface area (Å²) in [4.78, 5) is 54.1. The molecule has 0 aliphatic carbocycles. The van der Waals surface area contributed by atoms with Gasteiger partial charge in [-0.1, -0.05) is 17.7 Å². The molecule has 3 saturated heterocycles. The number of rotatable bonds is 7. The van der Waals surface area contributed by atoms with Gasteiger partial charge in [0.2, 0.25) is 5.91 Å². The Labute approximate surface area is 239 Å². The van der Waals surface area contributed by atoms with Gasteiger partial charge in [-0.25, -0.2) is 14.8 Å². The second-order valence-corrected chi connectivity index (χ2v) is 11.8. The van der Waals surface area contributed by atoms with E-state index in [0.29, 0.717) is 41.9 Å². The summed E-state index contributed by atoms with van der Waals surface area (Å²) < 4.78 is 0. The highest BCUT2D eigenvalue weighted by Crippen LogP contribution is 2.33. The van der Waals surface area contributed by atoms with E-state index in [1.54, 1.807) is 4.90 Å². The maximum Gasteiger partial charge on any atom is 0.407 e. The fourth-order valence-corrected chi connectivity index (χ4v) is 6.60. The number of hydrogen-bond acceptors (Lipinski definition) is 6. The second-order valence-electron chi connectivity index (χ2n) is 11.4. The summed E-state index contributed by atoms with van der Waals surface area (Å²) in [6.45, 7) is 11.0. The van der Waals surface area contributed by atoms with Crippen molar-refractivity contribution in [2.24, 2.45) is 17.8 Å². The Bertz CT molecular complexity index is 1270. The normalized spacial score (nSPS) is 22.6. The summed E-state index contributed by atoms with van der Waals surface area (Å²) in [6, 6.07) is 5.65.